The summed E-state index contributed by atoms with van der Waals surface area (Å²) in [6.07, 6.45) is 3.73. The highest BCUT2D eigenvalue weighted by atomic mass is 16.5. The summed E-state index contributed by atoms with van der Waals surface area (Å²) in [5, 5.41) is 0. The molecule has 1 N–H and O–H groups in total. The Hall–Kier alpha value is -1.78. The van der Waals surface area contributed by atoms with Gasteiger partial charge in [-0.3, -0.25) is 9.59 Å². The van der Waals surface area contributed by atoms with Crippen LogP contribution < -0.4 is 4.90 Å². The van der Waals surface area contributed by atoms with Crippen LogP contribution in [0, 0.1) is 0 Å². The van der Waals surface area contributed by atoms with Crippen molar-refractivity contribution in [3.63, 3.8) is 0 Å². The molecule has 0 atom stereocenters. The lowest BCUT2D eigenvalue weighted by Crippen LogP contribution is -2.26. The highest BCUT2D eigenvalue weighted by molar-refractivity contribution is 5.94. The Labute approximate surface area is 88.0 Å². The third-order valence-corrected chi connectivity index (χ3v) is 2.11. The molecule has 0 radical (unpaired) electrons. The molecule has 0 aliphatic carbocycles. The second-order valence-corrected chi connectivity index (χ2v) is 3.10. The predicted octanol–water partition coefficient (Wildman–Crippen LogP) is 0.931. The number of anilines is 1. The lowest BCUT2D eigenvalue weighted by atomic mass is 10.3. The Bertz CT molecular complexity index is 332. The number of aromatic nitrogens is 1. The van der Waals surface area contributed by atoms with Crippen molar-refractivity contribution in [1.82, 2.24) is 4.98 Å². The minimum absolute atomic E-state index is 0.111. The van der Waals surface area contributed by atoms with Crippen LogP contribution in [-0.2, 0) is 14.3 Å². The van der Waals surface area contributed by atoms with Gasteiger partial charge in [-0.2, -0.15) is 0 Å². The summed E-state index contributed by atoms with van der Waals surface area (Å²) >= 11 is 0. The summed E-state index contributed by atoms with van der Waals surface area (Å²) < 4.78 is 4.46. The Kier molecular flexibility index (Phi) is 3.91. The summed E-state index contributed by atoms with van der Waals surface area (Å²) in [6.45, 7) is 0. The lowest BCUT2D eigenvalue weighted by molar-refractivity contribution is -0.141. The molecule has 1 amide bonds. The van der Waals surface area contributed by atoms with E-state index in [9.17, 15) is 9.59 Å². The lowest BCUT2D eigenvalue weighted by Gasteiger charge is -2.14. The number of carbonyl (C=O) groups excluding carboxylic acids is 2. The maximum absolute atomic E-state index is 11.6. The second-order valence-electron chi connectivity index (χ2n) is 3.10. The van der Waals surface area contributed by atoms with E-state index in [1.54, 1.807) is 25.5 Å². The molecule has 1 heterocycles. The number of carbonyl (C=O) groups is 2. The van der Waals surface area contributed by atoms with Crippen molar-refractivity contribution in [3.05, 3.63) is 18.5 Å². The number of esters is 1. The number of methoxy groups -OCH3 is 1. The van der Waals surface area contributed by atoms with E-state index in [0.29, 0.717) is 0 Å². The number of rotatable bonds is 4. The molecule has 1 aromatic rings. The number of hydrogen-bond donors (Lipinski definition) is 1. The van der Waals surface area contributed by atoms with Gasteiger partial charge in [0.25, 0.3) is 0 Å². The summed E-state index contributed by atoms with van der Waals surface area (Å²) in [5.41, 5.74) is 0.782. The fraction of sp³-hybridized carbons (Fsp3) is 0.400. The molecule has 82 valence electrons. The molecule has 5 nitrogen and oxygen atoms in total. The van der Waals surface area contributed by atoms with Crippen LogP contribution in [-0.4, -0.2) is 31.0 Å². The standard InChI is InChI=1S/C10H14N2O3/c1-12(8-5-6-11-7-8)9(13)3-4-10(14)15-2/h5-7,11H,3-4H2,1-2H3. The van der Waals surface area contributed by atoms with Crippen LogP contribution in [0.4, 0.5) is 5.69 Å². The van der Waals surface area contributed by atoms with Crippen molar-refractivity contribution in [2.75, 3.05) is 19.1 Å². The van der Waals surface area contributed by atoms with Crippen molar-refractivity contribution >= 4 is 17.6 Å². The first kappa shape index (κ1) is 11.3. The van der Waals surface area contributed by atoms with Crippen molar-refractivity contribution < 1.29 is 14.3 Å². The Morgan fingerprint density at radius 1 is 1.47 bits per heavy atom. The van der Waals surface area contributed by atoms with E-state index in [0.717, 1.165) is 5.69 Å². The van der Waals surface area contributed by atoms with Crippen LogP contribution in [0.3, 0.4) is 0 Å². The van der Waals surface area contributed by atoms with Gasteiger partial charge in [0, 0.05) is 25.9 Å². The van der Waals surface area contributed by atoms with E-state index in [1.165, 1.54) is 12.0 Å². The van der Waals surface area contributed by atoms with E-state index in [4.69, 9.17) is 0 Å². The van der Waals surface area contributed by atoms with Crippen LogP contribution >= 0.6 is 0 Å². The van der Waals surface area contributed by atoms with E-state index in [1.807, 2.05) is 0 Å². The van der Waals surface area contributed by atoms with E-state index >= 15 is 0 Å². The zero-order valence-electron chi connectivity index (χ0n) is 8.82. The molecule has 1 aromatic heterocycles. The van der Waals surface area contributed by atoms with Gasteiger partial charge in [0.15, 0.2) is 0 Å². The minimum atomic E-state index is -0.370. The van der Waals surface area contributed by atoms with Gasteiger partial charge < -0.3 is 14.6 Å². The molecule has 0 fully saturated rings. The first-order valence-electron chi connectivity index (χ1n) is 4.61. The monoisotopic (exact) mass is 210 g/mol. The van der Waals surface area contributed by atoms with Gasteiger partial charge in [0.05, 0.1) is 19.2 Å². The van der Waals surface area contributed by atoms with Crippen molar-refractivity contribution in [2.24, 2.45) is 0 Å². The molecule has 0 bridgehead atoms. The van der Waals surface area contributed by atoms with Crippen LogP contribution in [0.15, 0.2) is 18.5 Å². The maximum atomic E-state index is 11.6. The van der Waals surface area contributed by atoms with Gasteiger partial charge >= 0.3 is 5.97 Å². The average Bonchev–Trinajstić information content (AvgIpc) is 2.77. The molecule has 0 spiro atoms. The highest BCUT2D eigenvalue weighted by Crippen LogP contribution is 2.11. The first-order valence-corrected chi connectivity index (χ1v) is 4.61. The number of H-pyrrole nitrogens is 1. The van der Waals surface area contributed by atoms with Gasteiger partial charge in [-0.05, 0) is 6.07 Å². The fourth-order valence-electron chi connectivity index (χ4n) is 1.15. The van der Waals surface area contributed by atoms with E-state index in [2.05, 4.69) is 9.72 Å². The van der Waals surface area contributed by atoms with Crippen molar-refractivity contribution in [1.29, 1.82) is 0 Å². The summed E-state index contributed by atoms with van der Waals surface area (Å²) in [7, 11) is 2.98. The molecule has 1 rings (SSSR count). The summed E-state index contributed by atoms with van der Waals surface area (Å²) in [5.74, 6) is -0.481. The van der Waals surface area contributed by atoms with Gasteiger partial charge in [-0.1, -0.05) is 0 Å². The molecule has 0 saturated heterocycles. The van der Waals surface area contributed by atoms with Crippen LogP contribution in [0.1, 0.15) is 12.8 Å². The summed E-state index contributed by atoms with van der Waals surface area (Å²) in [4.78, 5) is 26.7. The molecular weight excluding hydrogens is 196 g/mol. The number of amides is 1. The average molecular weight is 210 g/mol. The topological polar surface area (TPSA) is 62.4 Å². The zero-order valence-corrected chi connectivity index (χ0v) is 8.82. The Morgan fingerprint density at radius 2 is 2.20 bits per heavy atom. The predicted molar refractivity (Wildman–Crippen MR) is 55.5 cm³/mol. The Balaban J connectivity index is 2.44. The number of ether oxygens (including phenoxy) is 1. The smallest absolute Gasteiger partial charge is 0.306 e. The SMILES string of the molecule is COC(=O)CCC(=O)N(C)c1cc[nH]c1. The zero-order chi connectivity index (χ0) is 11.3. The molecule has 5 heteroatoms. The number of nitrogens with one attached hydrogen (secondary N) is 1. The molecule has 15 heavy (non-hydrogen) atoms. The number of nitrogens with zero attached hydrogens (tertiary/aromatic N) is 1. The molecule has 0 aromatic carbocycles. The second kappa shape index (κ2) is 5.19. The van der Waals surface area contributed by atoms with E-state index < -0.39 is 0 Å². The van der Waals surface area contributed by atoms with Gasteiger partial charge in [-0.25, -0.2) is 0 Å². The van der Waals surface area contributed by atoms with Gasteiger partial charge in [-0.15, -0.1) is 0 Å². The van der Waals surface area contributed by atoms with Gasteiger partial charge in [0.2, 0.25) is 5.91 Å². The molecule has 0 aliphatic heterocycles. The quantitative estimate of drug-likeness (QED) is 0.752. The number of aromatic amines is 1. The normalized spacial score (nSPS) is 9.73. The molecule has 0 saturated carbocycles. The Morgan fingerprint density at radius 3 is 2.73 bits per heavy atom. The highest BCUT2D eigenvalue weighted by Gasteiger charge is 2.12. The van der Waals surface area contributed by atoms with Crippen molar-refractivity contribution in [2.45, 2.75) is 12.8 Å². The third-order valence-electron chi connectivity index (χ3n) is 2.11. The molecule has 0 unspecified atom stereocenters. The number of hydrogen-bond acceptors (Lipinski definition) is 3. The maximum Gasteiger partial charge on any atom is 0.306 e. The van der Waals surface area contributed by atoms with Crippen LogP contribution in [0.5, 0.6) is 0 Å². The summed E-state index contributed by atoms with van der Waals surface area (Å²) in [6, 6.07) is 1.79. The molecule has 0 aliphatic rings. The third kappa shape index (κ3) is 3.12. The first-order chi connectivity index (χ1) is 7.15. The van der Waals surface area contributed by atoms with Crippen LogP contribution in [0.25, 0.3) is 0 Å². The van der Waals surface area contributed by atoms with E-state index in [-0.39, 0.29) is 24.7 Å². The minimum Gasteiger partial charge on any atom is -0.469 e. The van der Waals surface area contributed by atoms with Gasteiger partial charge in [0.1, 0.15) is 0 Å². The van der Waals surface area contributed by atoms with Crippen LogP contribution in [0.2, 0.25) is 0 Å². The largest absolute Gasteiger partial charge is 0.469 e. The van der Waals surface area contributed by atoms with Crippen molar-refractivity contribution in [3.8, 4) is 0 Å². The fourth-order valence-corrected chi connectivity index (χ4v) is 1.15. The molecular formula is C10H14N2O3.